The van der Waals surface area contributed by atoms with Crippen LogP contribution in [-0.2, 0) is 0 Å². The van der Waals surface area contributed by atoms with Gasteiger partial charge in [-0.05, 0) is 25.0 Å². The van der Waals surface area contributed by atoms with Gasteiger partial charge in [-0.2, -0.15) is 0 Å². The van der Waals surface area contributed by atoms with Crippen molar-refractivity contribution in [3.63, 3.8) is 0 Å². The molecule has 15 heavy (non-hydrogen) atoms. The smallest absolute Gasteiger partial charge is 0.133 e. The highest BCUT2D eigenvalue weighted by Gasteiger charge is 2.14. The topological polar surface area (TPSA) is 45.4 Å². The number of hydrogen-bond acceptors (Lipinski definition) is 3. The number of aliphatic hydroxyl groups excluding tert-OH is 1. The molecule has 0 saturated heterocycles. The van der Waals surface area contributed by atoms with Crippen molar-refractivity contribution in [2.75, 3.05) is 6.54 Å². The fourth-order valence-corrected chi connectivity index (χ4v) is 1.43. The van der Waals surface area contributed by atoms with Crippen molar-refractivity contribution in [3.05, 3.63) is 24.2 Å². The molecule has 3 heteroatoms. The molecule has 3 atom stereocenters. The van der Waals surface area contributed by atoms with Crippen molar-refractivity contribution < 1.29 is 9.52 Å². The van der Waals surface area contributed by atoms with E-state index in [0.29, 0.717) is 24.3 Å². The molecule has 0 fully saturated rings. The summed E-state index contributed by atoms with van der Waals surface area (Å²) in [6, 6.07) is 4.00. The van der Waals surface area contributed by atoms with Crippen LogP contribution in [0.2, 0.25) is 0 Å². The van der Waals surface area contributed by atoms with Gasteiger partial charge >= 0.3 is 0 Å². The number of hydrogen-bond donors (Lipinski definition) is 2. The van der Waals surface area contributed by atoms with Crippen LogP contribution >= 0.6 is 0 Å². The maximum atomic E-state index is 9.76. The quantitative estimate of drug-likeness (QED) is 0.759. The zero-order chi connectivity index (χ0) is 11.3. The Morgan fingerprint density at radius 2 is 2.20 bits per heavy atom. The molecule has 1 heterocycles. The van der Waals surface area contributed by atoms with E-state index >= 15 is 0 Å². The van der Waals surface area contributed by atoms with Gasteiger partial charge in [0.05, 0.1) is 6.26 Å². The normalized spacial score (nSPS) is 17.3. The first-order valence-electron chi connectivity index (χ1n) is 5.60. The summed E-state index contributed by atoms with van der Waals surface area (Å²) in [5, 5.41) is 13.1. The summed E-state index contributed by atoms with van der Waals surface area (Å²) in [6.07, 6.45) is 2.17. The fourth-order valence-electron chi connectivity index (χ4n) is 1.43. The fraction of sp³-hybridized carbons (Fsp3) is 0.667. The molecule has 0 aliphatic heterocycles. The molecule has 0 radical (unpaired) electrons. The van der Waals surface area contributed by atoms with E-state index in [0.717, 1.165) is 6.42 Å². The van der Waals surface area contributed by atoms with Crippen LogP contribution in [0.25, 0.3) is 0 Å². The Morgan fingerprint density at radius 3 is 2.73 bits per heavy atom. The van der Waals surface area contributed by atoms with Crippen LogP contribution in [0, 0.1) is 5.92 Å². The summed E-state index contributed by atoms with van der Waals surface area (Å²) in [7, 11) is 0. The molecule has 0 amide bonds. The van der Waals surface area contributed by atoms with E-state index in [1.165, 1.54) is 0 Å². The van der Waals surface area contributed by atoms with Gasteiger partial charge < -0.3 is 14.8 Å². The van der Waals surface area contributed by atoms with Crippen LogP contribution in [0.3, 0.4) is 0 Å². The maximum absolute atomic E-state index is 9.76. The third kappa shape index (κ3) is 3.68. The third-order valence-corrected chi connectivity index (χ3v) is 3.00. The summed E-state index contributed by atoms with van der Waals surface area (Å²) < 4.78 is 5.12. The van der Waals surface area contributed by atoms with Gasteiger partial charge in [0.15, 0.2) is 0 Å². The van der Waals surface area contributed by atoms with Gasteiger partial charge in [0, 0.05) is 12.6 Å². The molecule has 0 saturated carbocycles. The van der Waals surface area contributed by atoms with Crippen LogP contribution < -0.4 is 5.32 Å². The van der Waals surface area contributed by atoms with E-state index in [9.17, 15) is 5.11 Å². The van der Waals surface area contributed by atoms with Crippen LogP contribution in [0.1, 0.15) is 39.1 Å². The minimum atomic E-state index is -0.550. The highest BCUT2D eigenvalue weighted by Crippen LogP contribution is 2.13. The summed E-state index contributed by atoms with van der Waals surface area (Å²) >= 11 is 0. The second kappa shape index (κ2) is 5.93. The molecule has 0 aliphatic rings. The lowest BCUT2D eigenvalue weighted by Gasteiger charge is -2.21. The SMILES string of the molecule is CCC(C)C(C)NCC(O)c1ccco1. The molecule has 1 rings (SSSR count). The predicted octanol–water partition coefficient (Wildman–Crippen LogP) is 2.34. The van der Waals surface area contributed by atoms with Gasteiger partial charge in [-0.15, -0.1) is 0 Å². The molecule has 3 unspecified atom stereocenters. The van der Waals surface area contributed by atoms with Crippen molar-refractivity contribution in [1.29, 1.82) is 0 Å². The second-order valence-electron chi connectivity index (χ2n) is 4.11. The largest absolute Gasteiger partial charge is 0.467 e. The maximum Gasteiger partial charge on any atom is 0.133 e. The molecule has 1 aromatic heterocycles. The number of rotatable bonds is 6. The standard InChI is InChI=1S/C12H21NO2/c1-4-9(2)10(3)13-8-11(14)12-6-5-7-15-12/h5-7,9-11,13-14H,4,8H2,1-3H3. The molecule has 0 aromatic carbocycles. The summed E-state index contributed by atoms with van der Waals surface area (Å²) in [5.74, 6) is 1.24. The van der Waals surface area contributed by atoms with Gasteiger partial charge in [0.25, 0.3) is 0 Å². The average molecular weight is 211 g/mol. The Labute approximate surface area is 91.5 Å². The molecule has 2 N–H and O–H groups in total. The van der Waals surface area contributed by atoms with Crippen LogP contribution in [0.4, 0.5) is 0 Å². The van der Waals surface area contributed by atoms with Gasteiger partial charge in [-0.25, -0.2) is 0 Å². The zero-order valence-electron chi connectivity index (χ0n) is 9.73. The van der Waals surface area contributed by atoms with Gasteiger partial charge in [-0.1, -0.05) is 20.3 Å². The Kier molecular flexibility index (Phi) is 4.85. The Morgan fingerprint density at radius 1 is 1.47 bits per heavy atom. The van der Waals surface area contributed by atoms with Crippen molar-refractivity contribution in [2.45, 2.75) is 39.3 Å². The lowest BCUT2D eigenvalue weighted by atomic mass is 10.0. The highest BCUT2D eigenvalue weighted by atomic mass is 16.4. The highest BCUT2D eigenvalue weighted by molar-refractivity contribution is 5.02. The minimum Gasteiger partial charge on any atom is -0.467 e. The molecule has 3 nitrogen and oxygen atoms in total. The number of aliphatic hydroxyl groups is 1. The summed E-state index contributed by atoms with van der Waals surface area (Å²) in [4.78, 5) is 0. The first-order valence-corrected chi connectivity index (χ1v) is 5.60. The summed E-state index contributed by atoms with van der Waals surface area (Å²) in [6.45, 7) is 7.06. The third-order valence-electron chi connectivity index (χ3n) is 3.00. The van der Waals surface area contributed by atoms with Gasteiger partial charge in [-0.3, -0.25) is 0 Å². The van der Waals surface area contributed by atoms with Crippen LogP contribution in [0.15, 0.2) is 22.8 Å². The molecule has 0 bridgehead atoms. The van der Waals surface area contributed by atoms with Crippen molar-refractivity contribution >= 4 is 0 Å². The van der Waals surface area contributed by atoms with Gasteiger partial charge in [0.2, 0.25) is 0 Å². The molecule has 0 spiro atoms. The first kappa shape index (κ1) is 12.3. The molecular formula is C12H21NO2. The number of furan rings is 1. The minimum absolute atomic E-state index is 0.416. The second-order valence-corrected chi connectivity index (χ2v) is 4.11. The average Bonchev–Trinajstić information content (AvgIpc) is 2.77. The van der Waals surface area contributed by atoms with E-state index in [1.807, 2.05) is 0 Å². The van der Waals surface area contributed by atoms with E-state index in [4.69, 9.17) is 4.42 Å². The first-order chi connectivity index (χ1) is 7.15. The molecule has 0 aliphatic carbocycles. The lowest BCUT2D eigenvalue weighted by Crippen LogP contribution is -2.34. The monoisotopic (exact) mass is 211 g/mol. The van der Waals surface area contributed by atoms with Crippen molar-refractivity contribution in [2.24, 2.45) is 5.92 Å². The van der Waals surface area contributed by atoms with E-state index in [1.54, 1.807) is 18.4 Å². The van der Waals surface area contributed by atoms with E-state index in [2.05, 4.69) is 26.1 Å². The Bertz CT molecular complexity index is 259. The zero-order valence-corrected chi connectivity index (χ0v) is 9.73. The Balaban J connectivity index is 2.31. The van der Waals surface area contributed by atoms with E-state index in [-0.39, 0.29) is 0 Å². The molecular weight excluding hydrogens is 190 g/mol. The number of nitrogens with one attached hydrogen (secondary N) is 1. The van der Waals surface area contributed by atoms with Crippen LogP contribution in [-0.4, -0.2) is 17.7 Å². The van der Waals surface area contributed by atoms with Crippen molar-refractivity contribution in [3.8, 4) is 0 Å². The lowest BCUT2D eigenvalue weighted by molar-refractivity contribution is 0.140. The van der Waals surface area contributed by atoms with Gasteiger partial charge in [0.1, 0.15) is 11.9 Å². The molecule has 86 valence electrons. The Hall–Kier alpha value is -0.800. The summed E-state index contributed by atoms with van der Waals surface area (Å²) in [5.41, 5.74) is 0. The molecule has 1 aromatic rings. The van der Waals surface area contributed by atoms with Crippen molar-refractivity contribution in [1.82, 2.24) is 5.32 Å². The van der Waals surface area contributed by atoms with E-state index < -0.39 is 6.10 Å². The van der Waals surface area contributed by atoms with Crippen LogP contribution in [0.5, 0.6) is 0 Å². The predicted molar refractivity (Wildman–Crippen MR) is 60.6 cm³/mol.